The largest absolute Gasteiger partial charge is 0.0729 e. The monoisotopic (exact) mass is 140 g/mol. The van der Waals surface area contributed by atoms with Crippen molar-refractivity contribution in [1.29, 1.82) is 0 Å². The molecule has 1 heteroatoms. The summed E-state index contributed by atoms with van der Waals surface area (Å²) in [5.74, 6) is 2.86. The van der Waals surface area contributed by atoms with Gasteiger partial charge in [0, 0.05) is 5.38 Å². The second-order valence-electron chi connectivity index (χ2n) is 2.19. The summed E-state index contributed by atoms with van der Waals surface area (Å²) in [6, 6.07) is 0. The summed E-state index contributed by atoms with van der Waals surface area (Å²) in [7, 11) is 0. The highest BCUT2D eigenvalue weighted by molar-refractivity contribution is 6.30. The van der Waals surface area contributed by atoms with Gasteiger partial charge >= 0.3 is 0 Å². The van der Waals surface area contributed by atoms with Crippen molar-refractivity contribution in [2.45, 2.75) is 25.7 Å². The fourth-order valence-corrected chi connectivity index (χ4v) is 1.13. The summed E-state index contributed by atoms with van der Waals surface area (Å²) in [5, 5.41) is 2.39. The fraction of sp³-hybridized carbons (Fsp3) is 0.500. The first-order valence-electron chi connectivity index (χ1n) is 3.24. The summed E-state index contributed by atoms with van der Waals surface area (Å²) in [6.07, 6.45) is 7.07. The predicted octanol–water partition coefficient (Wildman–Crippen LogP) is 2.69. The van der Waals surface area contributed by atoms with Crippen LogP contribution in [-0.2, 0) is 0 Å². The van der Waals surface area contributed by atoms with Gasteiger partial charge in [0.2, 0.25) is 0 Å². The smallest absolute Gasteiger partial charge is 0.00917 e. The van der Waals surface area contributed by atoms with E-state index in [4.69, 9.17) is 11.6 Å². The number of allylic oxidation sites excluding steroid dienone is 2. The first kappa shape index (κ1) is 6.71. The van der Waals surface area contributed by atoms with Crippen LogP contribution in [0.5, 0.6) is 0 Å². The van der Waals surface area contributed by atoms with Crippen molar-refractivity contribution in [2.24, 2.45) is 0 Å². The van der Waals surface area contributed by atoms with Gasteiger partial charge in [-0.25, -0.2) is 0 Å². The highest BCUT2D eigenvalue weighted by Crippen LogP contribution is 2.15. The topological polar surface area (TPSA) is 0 Å². The van der Waals surface area contributed by atoms with Crippen LogP contribution in [0.2, 0.25) is 0 Å². The molecular weight excluding hydrogens is 132 g/mol. The first-order valence-corrected chi connectivity index (χ1v) is 3.62. The molecule has 0 aromatic heterocycles. The van der Waals surface area contributed by atoms with Crippen LogP contribution in [0.4, 0.5) is 0 Å². The first-order chi connectivity index (χ1) is 4.43. The van der Waals surface area contributed by atoms with E-state index in [1.807, 2.05) is 0 Å². The second kappa shape index (κ2) is 3.58. The molecular formula is C8H9Cl. The molecule has 0 N–H and O–H groups in total. The Labute approximate surface area is 60.9 Å². The Hall–Kier alpha value is -0.410. The van der Waals surface area contributed by atoms with E-state index in [-0.39, 0.29) is 0 Å². The molecule has 0 nitrogen and oxygen atoms in total. The summed E-state index contributed by atoms with van der Waals surface area (Å²) in [6.45, 7) is 0. The van der Waals surface area contributed by atoms with Crippen LogP contribution in [-0.4, -0.2) is 0 Å². The van der Waals surface area contributed by atoms with E-state index in [2.05, 4.69) is 17.4 Å². The lowest BCUT2D eigenvalue weighted by atomic mass is 10.0. The Morgan fingerprint density at radius 1 is 1.44 bits per heavy atom. The zero-order valence-corrected chi connectivity index (χ0v) is 6.04. The molecule has 0 fully saturated rings. The van der Waals surface area contributed by atoms with E-state index in [1.165, 1.54) is 24.8 Å². The van der Waals surface area contributed by atoms with E-state index < -0.39 is 0 Å². The van der Waals surface area contributed by atoms with Crippen molar-refractivity contribution in [3.8, 4) is 11.3 Å². The van der Waals surface area contributed by atoms with E-state index in [0.717, 1.165) is 6.42 Å². The standard InChI is InChI=1S/C8H9Cl/c9-7-6-8-4-2-1-3-5-8/h4H,1-3,5H2. The minimum atomic E-state index is 1.12. The highest BCUT2D eigenvalue weighted by atomic mass is 35.5. The molecule has 0 saturated carbocycles. The summed E-state index contributed by atoms with van der Waals surface area (Å²) < 4.78 is 0. The van der Waals surface area contributed by atoms with Crippen LogP contribution in [0.15, 0.2) is 11.6 Å². The number of hydrogen-bond acceptors (Lipinski definition) is 0. The molecule has 1 aliphatic carbocycles. The molecule has 0 radical (unpaired) electrons. The molecule has 48 valence electrons. The van der Waals surface area contributed by atoms with Crippen molar-refractivity contribution in [3.63, 3.8) is 0 Å². The molecule has 0 saturated heterocycles. The van der Waals surface area contributed by atoms with E-state index >= 15 is 0 Å². The van der Waals surface area contributed by atoms with Gasteiger partial charge in [-0.3, -0.25) is 0 Å². The Balaban J connectivity index is 2.53. The lowest BCUT2D eigenvalue weighted by molar-refractivity contribution is 0.715. The molecule has 0 heterocycles. The maximum Gasteiger partial charge on any atom is 0.00917 e. The minimum absolute atomic E-state index is 1.12. The van der Waals surface area contributed by atoms with Crippen molar-refractivity contribution in [1.82, 2.24) is 0 Å². The van der Waals surface area contributed by atoms with Crippen molar-refractivity contribution < 1.29 is 0 Å². The molecule has 0 aromatic rings. The van der Waals surface area contributed by atoms with Gasteiger partial charge in [0.1, 0.15) is 0 Å². The Morgan fingerprint density at radius 3 is 2.89 bits per heavy atom. The lowest BCUT2D eigenvalue weighted by Gasteiger charge is -2.04. The average Bonchev–Trinajstić information content (AvgIpc) is 1.91. The van der Waals surface area contributed by atoms with Crippen LogP contribution in [0, 0.1) is 11.3 Å². The third-order valence-electron chi connectivity index (χ3n) is 1.50. The molecule has 0 atom stereocenters. The van der Waals surface area contributed by atoms with Crippen LogP contribution in [0.1, 0.15) is 25.7 Å². The zero-order valence-electron chi connectivity index (χ0n) is 5.28. The van der Waals surface area contributed by atoms with Crippen molar-refractivity contribution in [3.05, 3.63) is 11.6 Å². The second-order valence-corrected chi connectivity index (χ2v) is 2.38. The van der Waals surface area contributed by atoms with E-state index in [9.17, 15) is 0 Å². The van der Waals surface area contributed by atoms with Gasteiger partial charge in [0.05, 0.1) is 0 Å². The van der Waals surface area contributed by atoms with Gasteiger partial charge in [0.25, 0.3) is 0 Å². The highest BCUT2D eigenvalue weighted by Gasteiger charge is 1.98. The molecule has 1 aliphatic rings. The maximum absolute atomic E-state index is 5.23. The van der Waals surface area contributed by atoms with Crippen LogP contribution in [0.3, 0.4) is 0 Å². The fourth-order valence-electron chi connectivity index (χ4n) is 1.01. The van der Waals surface area contributed by atoms with Crippen molar-refractivity contribution >= 4 is 11.6 Å². The normalized spacial score (nSPS) is 17.7. The van der Waals surface area contributed by atoms with E-state index in [0.29, 0.717) is 0 Å². The number of halogens is 1. The summed E-state index contributed by atoms with van der Waals surface area (Å²) >= 11 is 5.23. The molecule has 0 aliphatic heterocycles. The van der Waals surface area contributed by atoms with Gasteiger partial charge in [0.15, 0.2) is 0 Å². The lowest BCUT2D eigenvalue weighted by Crippen LogP contribution is -1.87. The third kappa shape index (κ3) is 2.11. The van der Waals surface area contributed by atoms with Crippen LogP contribution < -0.4 is 0 Å². The number of hydrogen-bond donors (Lipinski definition) is 0. The quantitative estimate of drug-likeness (QED) is 0.454. The van der Waals surface area contributed by atoms with Gasteiger partial charge in [-0.2, -0.15) is 0 Å². The third-order valence-corrected chi connectivity index (χ3v) is 1.59. The predicted molar refractivity (Wildman–Crippen MR) is 40.2 cm³/mol. The average molecular weight is 141 g/mol. The molecule has 0 aromatic carbocycles. The maximum atomic E-state index is 5.23. The Kier molecular flexibility index (Phi) is 2.67. The molecule has 1 rings (SSSR count). The molecule has 0 bridgehead atoms. The van der Waals surface area contributed by atoms with Gasteiger partial charge in [-0.1, -0.05) is 12.0 Å². The van der Waals surface area contributed by atoms with Gasteiger partial charge in [-0.05, 0) is 42.9 Å². The van der Waals surface area contributed by atoms with Gasteiger partial charge < -0.3 is 0 Å². The molecule has 9 heavy (non-hydrogen) atoms. The Bertz CT molecular complexity index is 169. The SMILES string of the molecule is ClC#CC1=CCCCC1. The van der Waals surface area contributed by atoms with Crippen LogP contribution >= 0.6 is 11.6 Å². The van der Waals surface area contributed by atoms with Crippen molar-refractivity contribution in [2.75, 3.05) is 0 Å². The van der Waals surface area contributed by atoms with Crippen LogP contribution in [0.25, 0.3) is 0 Å². The van der Waals surface area contributed by atoms with Gasteiger partial charge in [-0.15, -0.1) is 0 Å². The molecule has 0 amide bonds. The Morgan fingerprint density at radius 2 is 2.33 bits per heavy atom. The summed E-state index contributed by atoms with van der Waals surface area (Å²) in [5.41, 5.74) is 1.22. The number of rotatable bonds is 0. The molecule has 0 unspecified atom stereocenters. The minimum Gasteiger partial charge on any atom is -0.0729 e. The summed E-state index contributed by atoms with van der Waals surface area (Å²) in [4.78, 5) is 0. The zero-order chi connectivity index (χ0) is 6.53. The molecule has 0 spiro atoms. The van der Waals surface area contributed by atoms with E-state index in [1.54, 1.807) is 0 Å².